The van der Waals surface area contributed by atoms with E-state index in [9.17, 15) is 9.59 Å². The summed E-state index contributed by atoms with van der Waals surface area (Å²) in [6, 6.07) is 14.6. The Labute approximate surface area is 162 Å². The highest BCUT2D eigenvalue weighted by Crippen LogP contribution is 2.37. The van der Waals surface area contributed by atoms with Crippen molar-refractivity contribution in [1.29, 1.82) is 0 Å². The predicted molar refractivity (Wildman–Crippen MR) is 105 cm³/mol. The Morgan fingerprint density at radius 2 is 1.25 bits per heavy atom. The van der Waals surface area contributed by atoms with Crippen LogP contribution in [0.4, 0.5) is 0 Å². The topological polar surface area (TPSA) is 68.7 Å². The van der Waals surface area contributed by atoms with E-state index in [0.29, 0.717) is 33.9 Å². The number of nitrogens with zero attached hydrogens (tertiary/aromatic N) is 2. The molecular formula is C22H18N2O4. The van der Waals surface area contributed by atoms with E-state index in [4.69, 9.17) is 9.47 Å². The molecule has 1 aliphatic rings. The van der Waals surface area contributed by atoms with Crippen LogP contribution in [0.15, 0.2) is 54.7 Å². The minimum Gasteiger partial charge on any atom is -0.497 e. The van der Waals surface area contributed by atoms with Gasteiger partial charge in [-0.05, 0) is 42.0 Å². The van der Waals surface area contributed by atoms with Crippen LogP contribution in [-0.2, 0) is 0 Å². The molecule has 2 heterocycles. The van der Waals surface area contributed by atoms with Crippen molar-refractivity contribution in [3.05, 3.63) is 65.9 Å². The monoisotopic (exact) mass is 374 g/mol. The molecule has 0 unspecified atom stereocenters. The Bertz CT molecular complexity index is 986. The van der Waals surface area contributed by atoms with Gasteiger partial charge in [0.05, 0.1) is 31.0 Å². The molecule has 0 atom stereocenters. The van der Waals surface area contributed by atoms with E-state index in [-0.39, 0.29) is 11.8 Å². The molecule has 0 saturated heterocycles. The van der Waals surface area contributed by atoms with E-state index >= 15 is 0 Å². The van der Waals surface area contributed by atoms with Gasteiger partial charge in [-0.25, -0.2) is 0 Å². The summed E-state index contributed by atoms with van der Waals surface area (Å²) in [7, 11) is 4.67. The minimum atomic E-state index is -0.353. The second kappa shape index (κ2) is 6.81. The summed E-state index contributed by atoms with van der Waals surface area (Å²) in [5, 5.41) is 0. The summed E-state index contributed by atoms with van der Waals surface area (Å²) in [6.45, 7) is 0. The average Bonchev–Trinajstić information content (AvgIpc) is 2.98. The highest BCUT2D eigenvalue weighted by Gasteiger charge is 2.38. The zero-order valence-electron chi connectivity index (χ0n) is 15.7. The zero-order valence-corrected chi connectivity index (χ0v) is 15.7. The van der Waals surface area contributed by atoms with Crippen molar-refractivity contribution in [2.45, 2.75) is 0 Å². The van der Waals surface area contributed by atoms with Gasteiger partial charge in [-0.3, -0.25) is 19.5 Å². The smallest absolute Gasteiger partial charge is 0.263 e. The fraction of sp³-hybridized carbons (Fsp3) is 0.136. The zero-order chi connectivity index (χ0) is 19.8. The SMILES string of the molecule is COc1ccc(-c2cnc(-c3ccc(OC)cc3)c3c2C(=O)N(C)C3=O)cc1. The van der Waals surface area contributed by atoms with E-state index in [1.165, 1.54) is 7.05 Å². The first-order valence-corrected chi connectivity index (χ1v) is 8.69. The van der Waals surface area contributed by atoms with Crippen LogP contribution in [0.2, 0.25) is 0 Å². The quantitative estimate of drug-likeness (QED) is 0.652. The molecule has 0 bridgehead atoms. The number of aromatic nitrogens is 1. The Balaban J connectivity index is 1.91. The van der Waals surface area contributed by atoms with E-state index in [1.54, 1.807) is 32.5 Å². The van der Waals surface area contributed by atoms with Crippen molar-refractivity contribution in [2.24, 2.45) is 0 Å². The third-order valence-electron chi connectivity index (χ3n) is 4.88. The fourth-order valence-electron chi connectivity index (χ4n) is 3.33. The lowest BCUT2D eigenvalue weighted by molar-refractivity contribution is 0.0693. The highest BCUT2D eigenvalue weighted by atomic mass is 16.5. The lowest BCUT2D eigenvalue weighted by Gasteiger charge is -2.11. The van der Waals surface area contributed by atoms with E-state index in [0.717, 1.165) is 16.0 Å². The molecule has 0 fully saturated rings. The van der Waals surface area contributed by atoms with Crippen molar-refractivity contribution in [3.8, 4) is 33.9 Å². The summed E-state index contributed by atoms with van der Waals surface area (Å²) >= 11 is 0. The molecule has 140 valence electrons. The molecule has 4 rings (SSSR count). The van der Waals surface area contributed by atoms with Crippen LogP contribution in [-0.4, -0.2) is 43.0 Å². The first kappa shape index (κ1) is 17.7. The van der Waals surface area contributed by atoms with Crippen LogP contribution in [0, 0.1) is 0 Å². The van der Waals surface area contributed by atoms with Gasteiger partial charge in [-0.15, -0.1) is 0 Å². The summed E-state index contributed by atoms with van der Waals surface area (Å²) in [5.74, 6) is 0.731. The maximum Gasteiger partial charge on any atom is 0.263 e. The second-order valence-electron chi connectivity index (χ2n) is 6.40. The Hall–Kier alpha value is -3.67. The van der Waals surface area contributed by atoms with Gasteiger partial charge >= 0.3 is 0 Å². The number of hydrogen-bond donors (Lipinski definition) is 0. The van der Waals surface area contributed by atoms with Crippen molar-refractivity contribution < 1.29 is 19.1 Å². The highest BCUT2D eigenvalue weighted by molar-refractivity contribution is 6.25. The van der Waals surface area contributed by atoms with Gasteiger partial charge in [0.15, 0.2) is 0 Å². The molecule has 3 aromatic rings. The molecular weight excluding hydrogens is 356 g/mol. The normalized spacial score (nSPS) is 12.9. The van der Waals surface area contributed by atoms with Crippen LogP contribution < -0.4 is 9.47 Å². The van der Waals surface area contributed by atoms with Crippen LogP contribution in [0.3, 0.4) is 0 Å². The Morgan fingerprint density at radius 3 is 1.79 bits per heavy atom. The molecule has 0 spiro atoms. The number of amides is 2. The van der Waals surface area contributed by atoms with E-state index in [2.05, 4.69) is 4.98 Å². The number of imide groups is 1. The molecule has 1 aromatic heterocycles. The molecule has 6 heteroatoms. The van der Waals surface area contributed by atoms with Gasteiger partial charge in [0, 0.05) is 24.4 Å². The van der Waals surface area contributed by atoms with Gasteiger partial charge in [0.2, 0.25) is 0 Å². The molecule has 28 heavy (non-hydrogen) atoms. The molecule has 2 aromatic carbocycles. The third-order valence-corrected chi connectivity index (χ3v) is 4.88. The van der Waals surface area contributed by atoms with Crippen molar-refractivity contribution in [1.82, 2.24) is 9.88 Å². The second-order valence-corrected chi connectivity index (χ2v) is 6.40. The van der Waals surface area contributed by atoms with Crippen LogP contribution in [0.25, 0.3) is 22.4 Å². The maximum absolute atomic E-state index is 12.8. The van der Waals surface area contributed by atoms with Crippen LogP contribution in [0.1, 0.15) is 20.7 Å². The number of ether oxygens (including phenoxy) is 2. The fourth-order valence-corrected chi connectivity index (χ4v) is 3.33. The molecule has 0 aliphatic carbocycles. The van der Waals surface area contributed by atoms with Gasteiger partial charge in [0.1, 0.15) is 11.5 Å². The van der Waals surface area contributed by atoms with Gasteiger partial charge < -0.3 is 9.47 Å². The molecule has 0 N–H and O–H groups in total. The first-order valence-electron chi connectivity index (χ1n) is 8.69. The minimum absolute atomic E-state index is 0.325. The molecule has 1 aliphatic heterocycles. The van der Waals surface area contributed by atoms with Gasteiger partial charge in [0.25, 0.3) is 11.8 Å². The maximum atomic E-state index is 12.8. The van der Waals surface area contributed by atoms with Crippen molar-refractivity contribution >= 4 is 11.8 Å². The van der Waals surface area contributed by atoms with Crippen molar-refractivity contribution in [3.63, 3.8) is 0 Å². The number of fused-ring (bicyclic) bond motifs is 1. The summed E-state index contributed by atoms with van der Waals surface area (Å²) < 4.78 is 10.4. The van der Waals surface area contributed by atoms with Crippen LogP contribution in [0.5, 0.6) is 11.5 Å². The number of carbonyl (C=O) groups excluding carboxylic acids is 2. The van der Waals surface area contributed by atoms with E-state index in [1.807, 2.05) is 36.4 Å². The summed E-state index contributed by atoms with van der Waals surface area (Å²) in [6.07, 6.45) is 1.64. The largest absolute Gasteiger partial charge is 0.497 e. The number of benzene rings is 2. The van der Waals surface area contributed by atoms with Crippen molar-refractivity contribution in [2.75, 3.05) is 21.3 Å². The average molecular weight is 374 g/mol. The third kappa shape index (κ3) is 2.70. The molecule has 2 amide bonds. The number of hydrogen-bond acceptors (Lipinski definition) is 5. The molecule has 0 radical (unpaired) electrons. The molecule has 0 saturated carbocycles. The first-order chi connectivity index (χ1) is 13.5. The standard InChI is InChI=1S/C22H18N2O4/c1-24-21(25)18-17(13-4-8-15(27-2)9-5-13)12-23-20(19(18)22(24)26)14-6-10-16(28-3)11-7-14/h4-12H,1-3H3. The summed E-state index contributed by atoms with van der Waals surface area (Å²) in [4.78, 5) is 31.3. The Kier molecular flexibility index (Phi) is 4.31. The number of carbonyl (C=O) groups is 2. The lowest BCUT2D eigenvalue weighted by atomic mass is 9.95. The number of pyridine rings is 1. The summed E-state index contributed by atoms with van der Waals surface area (Å²) in [5.41, 5.74) is 3.34. The number of methoxy groups -OCH3 is 2. The van der Waals surface area contributed by atoms with E-state index < -0.39 is 0 Å². The van der Waals surface area contributed by atoms with Gasteiger partial charge in [-0.2, -0.15) is 0 Å². The Morgan fingerprint density at radius 1 is 0.750 bits per heavy atom. The van der Waals surface area contributed by atoms with Gasteiger partial charge in [-0.1, -0.05) is 12.1 Å². The predicted octanol–water partition coefficient (Wildman–Crippen LogP) is 3.66. The van der Waals surface area contributed by atoms with Crippen LogP contribution >= 0.6 is 0 Å². The number of rotatable bonds is 4. The molecule has 6 nitrogen and oxygen atoms in total. The lowest BCUT2D eigenvalue weighted by Crippen LogP contribution is -2.24.